The number of pyridine rings is 1. The number of rotatable bonds is 6. The second kappa shape index (κ2) is 8.33. The number of benzene rings is 2. The summed E-state index contributed by atoms with van der Waals surface area (Å²) in [5, 5.41) is 10.3. The highest BCUT2D eigenvalue weighted by Crippen LogP contribution is 2.42. The van der Waals surface area contributed by atoms with E-state index in [1.165, 1.54) is 11.1 Å². The summed E-state index contributed by atoms with van der Waals surface area (Å²) in [5.41, 5.74) is 3.50. The van der Waals surface area contributed by atoms with Gasteiger partial charge in [0.2, 0.25) is 0 Å². The molecule has 0 amide bonds. The molecule has 2 heterocycles. The fourth-order valence-corrected chi connectivity index (χ4v) is 4.09. The van der Waals surface area contributed by atoms with Crippen LogP contribution in [0.25, 0.3) is 0 Å². The molecule has 1 aliphatic heterocycles. The van der Waals surface area contributed by atoms with Gasteiger partial charge in [-0.3, -0.25) is 0 Å². The van der Waals surface area contributed by atoms with E-state index < -0.39 is 0 Å². The van der Waals surface area contributed by atoms with Gasteiger partial charge >= 0.3 is 0 Å². The molecule has 1 N–H and O–H groups in total. The molecule has 4 nitrogen and oxygen atoms in total. The normalized spacial score (nSPS) is 14.4. The van der Waals surface area contributed by atoms with Crippen LogP contribution in [0.1, 0.15) is 30.5 Å². The number of hydrogen-bond acceptors (Lipinski definition) is 4. The minimum atomic E-state index is -0.362. The number of halogens is 1. The van der Waals surface area contributed by atoms with E-state index in [-0.39, 0.29) is 12.1 Å². The number of aromatic nitrogens is 1. The number of fused-ring (bicyclic) bond motifs is 1. The van der Waals surface area contributed by atoms with Crippen LogP contribution in [-0.4, -0.2) is 29.4 Å². The Bertz CT molecular complexity index is 880. The van der Waals surface area contributed by atoms with Crippen LogP contribution in [0.5, 0.6) is 0 Å². The predicted octanol–water partition coefficient (Wildman–Crippen LogP) is 4.99. The van der Waals surface area contributed by atoms with E-state index in [1.807, 2.05) is 25.3 Å². The van der Waals surface area contributed by atoms with Crippen molar-refractivity contribution in [3.05, 3.63) is 88.5 Å². The topological polar surface area (TPSA) is 39.6 Å². The minimum absolute atomic E-state index is 0.0543. The molecular weight excluding hydrogens is 414 g/mol. The molecule has 28 heavy (non-hydrogen) atoms. The van der Waals surface area contributed by atoms with Gasteiger partial charge in [-0.2, -0.15) is 0 Å². The van der Waals surface area contributed by atoms with Crippen LogP contribution < -0.4 is 9.80 Å². The molecule has 0 bridgehead atoms. The molecule has 144 valence electrons. The highest BCUT2D eigenvalue weighted by atomic mass is 79.9. The van der Waals surface area contributed by atoms with Crippen molar-refractivity contribution in [3.63, 3.8) is 0 Å². The van der Waals surface area contributed by atoms with Crippen LogP contribution in [-0.2, 0) is 0 Å². The first kappa shape index (κ1) is 19.0. The third-order valence-electron chi connectivity index (χ3n) is 5.19. The summed E-state index contributed by atoms with van der Waals surface area (Å²) < 4.78 is 0.945. The molecule has 1 unspecified atom stereocenters. The van der Waals surface area contributed by atoms with Crippen molar-refractivity contribution in [2.24, 2.45) is 0 Å². The monoisotopic (exact) mass is 437 g/mol. The quantitative estimate of drug-likeness (QED) is 0.589. The van der Waals surface area contributed by atoms with Gasteiger partial charge in [0.1, 0.15) is 0 Å². The molecule has 2 aromatic carbocycles. The lowest BCUT2D eigenvalue weighted by Gasteiger charge is -2.31. The van der Waals surface area contributed by atoms with E-state index in [9.17, 15) is 5.11 Å². The maximum atomic E-state index is 10.3. The number of hydrogen-bond donors (Lipinski definition) is 1. The van der Waals surface area contributed by atoms with Crippen LogP contribution >= 0.6 is 15.9 Å². The zero-order valence-electron chi connectivity index (χ0n) is 15.9. The van der Waals surface area contributed by atoms with Crippen molar-refractivity contribution in [1.29, 1.82) is 0 Å². The average molecular weight is 438 g/mol. The number of aliphatic hydroxyl groups is 1. The lowest BCUT2D eigenvalue weighted by molar-refractivity contribution is 0.176. The van der Waals surface area contributed by atoms with Crippen molar-refractivity contribution in [2.75, 3.05) is 23.0 Å². The number of β-amino-alcohol motifs (C(OH)–C–C–N with tert-alkyl or cyclic N) is 1. The van der Waals surface area contributed by atoms with Gasteiger partial charge in [-0.25, -0.2) is 4.98 Å². The first-order valence-electron chi connectivity index (χ1n) is 9.62. The molecule has 0 fully saturated rings. The van der Waals surface area contributed by atoms with Crippen molar-refractivity contribution in [1.82, 2.24) is 4.98 Å². The Morgan fingerprint density at radius 3 is 2.21 bits per heavy atom. The van der Waals surface area contributed by atoms with E-state index in [4.69, 9.17) is 4.98 Å². The molecule has 3 aromatic rings. The van der Waals surface area contributed by atoms with Gasteiger partial charge in [0.15, 0.2) is 5.82 Å². The van der Waals surface area contributed by atoms with Gasteiger partial charge in [0.05, 0.1) is 24.5 Å². The van der Waals surface area contributed by atoms with E-state index in [0.29, 0.717) is 13.2 Å². The molecule has 0 radical (unpaired) electrons. The van der Waals surface area contributed by atoms with Crippen LogP contribution in [0.15, 0.2) is 77.4 Å². The smallest absolute Gasteiger partial charge is 0.154 e. The zero-order chi connectivity index (χ0) is 19.5. The summed E-state index contributed by atoms with van der Waals surface area (Å²) in [7, 11) is 0. The van der Waals surface area contributed by atoms with Gasteiger partial charge < -0.3 is 14.9 Å². The third kappa shape index (κ3) is 3.77. The maximum absolute atomic E-state index is 10.3. The summed E-state index contributed by atoms with van der Waals surface area (Å²) in [6.45, 7) is 3.29. The van der Waals surface area contributed by atoms with Crippen LogP contribution in [0.3, 0.4) is 0 Å². The lowest BCUT2D eigenvalue weighted by Crippen LogP contribution is -2.38. The zero-order valence-corrected chi connectivity index (χ0v) is 17.5. The second-order valence-electron chi connectivity index (χ2n) is 7.12. The fourth-order valence-electron chi connectivity index (χ4n) is 3.77. The van der Waals surface area contributed by atoms with Gasteiger partial charge in [-0.05, 0) is 39.5 Å². The van der Waals surface area contributed by atoms with Crippen molar-refractivity contribution >= 4 is 27.4 Å². The fraction of sp³-hybridized carbons (Fsp3) is 0.261. The molecule has 5 heteroatoms. The van der Waals surface area contributed by atoms with E-state index in [0.717, 1.165) is 22.4 Å². The molecule has 4 rings (SSSR count). The largest absolute Gasteiger partial charge is 0.391 e. The summed E-state index contributed by atoms with van der Waals surface area (Å²) in [4.78, 5) is 9.30. The summed E-state index contributed by atoms with van der Waals surface area (Å²) >= 11 is 3.55. The maximum Gasteiger partial charge on any atom is 0.154 e. The molecule has 0 saturated heterocycles. The Morgan fingerprint density at radius 1 is 1.04 bits per heavy atom. The van der Waals surface area contributed by atoms with Gasteiger partial charge in [0, 0.05) is 17.2 Å². The van der Waals surface area contributed by atoms with Gasteiger partial charge in [0.25, 0.3) is 0 Å². The Kier molecular flexibility index (Phi) is 5.64. The average Bonchev–Trinajstić information content (AvgIpc) is 3.07. The van der Waals surface area contributed by atoms with Crippen LogP contribution in [0, 0.1) is 0 Å². The third-order valence-corrected chi connectivity index (χ3v) is 5.63. The first-order chi connectivity index (χ1) is 13.7. The Morgan fingerprint density at radius 2 is 1.64 bits per heavy atom. The number of nitrogens with zero attached hydrogens (tertiary/aromatic N) is 3. The Labute approximate surface area is 174 Å². The second-order valence-corrected chi connectivity index (χ2v) is 8.03. The molecule has 0 aliphatic carbocycles. The number of aliphatic hydroxyl groups excluding tert-OH is 1. The summed E-state index contributed by atoms with van der Waals surface area (Å²) in [5.74, 6) is 0.948. The SMILES string of the molecule is CCC(O)CN1CN(C(c2ccccc2)c2ccccc2)c2ncc(Br)cc21. The minimum Gasteiger partial charge on any atom is -0.391 e. The van der Waals surface area contributed by atoms with E-state index >= 15 is 0 Å². The molecule has 0 saturated carbocycles. The summed E-state index contributed by atoms with van der Waals surface area (Å²) in [6, 6.07) is 23.2. The highest BCUT2D eigenvalue weighted by molar-refractivity contribution is 9.10. The van der Waals surface area contributed by atoms with Crippen LogP contribution in [0.2, 0.25) is 0 Å². The van der Waals surface area contributed by atoms with Gasteiger partial charge in [-0.1, -0.05) is 67.6 Å². The summed E-state index contributed by atoms with van der Waals surface area (Å²) in [6.07, 6.45) is 2.21. The molecule has 1 atom stereocenters. The van der Waals surface area contributed by atoms with E-state index in [1.54, 1.807) is 0 Å². The van der Waals surface area contributed by atoms with Gasteiger partial charge in [-0.15, -0.1) is 0 Å². The predicted molar refractivity (Wildman–Crippen MR) is 118 cm³/mol. The molecule has 1 aliphatic rings. The highest BCUT2D eigenvalue weighted by Gasteiger charge is 2.34. The standard InChI is InChI=1S/C23H24BrN3O/c1-2-20(28)15-26-16-27(23-21(26)13-19(24)14-25-23)22(17-9-5-3-6-10-17)18-11-7-4-8-12-18/h3-14,20,22,28H,2,15-16H2,1H3. The first-order valence-corrected chi connectivity index (χ1v) is 10.4. The van der Waals surface area contributed by atoms with Crippen molar-refractivity contribution < 1.29 is 5.11 Å². The van der Waals surface area contributed by atoms with Crippen molar-refractivity contribution in [3.8, 4) is 0 Å². The Hall–Kier alpha value is -2.37. The van der Waals surface area contributed by atoms with Crippen molar-refractivity contribution in [2.45, 2.75) is 25.5 Å². The van der Waals surface area contributed by atoms with E-state index in [2.05, 4.69) is 80.3 Å². The molecule has 1 aromatic heterocycles. The molecule has 0 spiro atoms. The lowest BCUT2D eigenvalue weighted by atomic mass is 9.97. The van der Waals surface area contributed by atoms with Crippen LogP contribution in [0.4, 0.5) is 11.5 Å². The number of anilines is 2. The Balaban J connectivity index is 1.79. The molecular formula is C23H24BrN3O.